The van der Waals surface area contributed by atoms with Gasteiger partial charge in [-0.2, -0.15) is 5.26 Å². The molecule has 2 N–H and O–H groups in total. The minimum atomic E-state index is -0.0458. The van der Waals surface area contributed by atoms with Gasteiger partial charge in [0.25, 0.3) is 5.91 Å². The van der Waals surface area contributed by atoms with Crippen molar-refractivity contribution in [3.05, 3.63) is 89.0 Å². The molecule has 1 aliphatic heterocycles. The molecule has 6 nitrogen and oxygen atoms in total. The summed E-state index contributed by atoms with van der Waals surface area (Å²) in [5.41, 5.74) is 5.87. The molecule has 3 aromatic carbocycles. The molecule has 1 fully saturated rings. The van der Waals surface area contributed by atoms with Gasteiger partial charge in [-0.05, 0) is 110 Å². The fraction of sp³-hybridized carbons (Fsp3) is 0.394. The van der Waals surface area contributed by atoms with E-state index in [4.69, 9.17) is 10.00 Å². The molecule has 6 heteroatoms. The lowest BCUT2D eigenvalue weighted by Crippen LogP contribution is -2.34. The average Bonchev–Trinajstić information content (AvgIpc) is 3.00. The number of unbranched alkanes of at least 4 members (excludes halogenated alkanes) is 1. The zero-order valence-corrected chi connectivity index (χ0v) is 22.9. The van der Waals surface area contributed by atoms with E-state index in [0.29, 0.717) is 30.2 Å². The van der Waals surface area contributed by atoms with Crippen LogP contribution < -0.4 is 10.1 Å². The van der Waals surface area contributed by atoms with E-state index in [1.165, 1.54) is 11.1 Å². The molecule has 0 spiro atoms. The molecule has 0 aliphatic carbocycles. The van der Waals surface area contributed by atoms with Crippen LogP contribution in [-0.2, 0) is 6.42 Å². The summed E-state index contributed by atoms with van der Waals surface area (Å²) in [6, 6.07) is 23.7. The summed E-state index contributed by atoms with van der Waals surface area (Å²) in [6.45, 7) is 6.35. The number of nitrogens with one attached hydrogen (secondary N) is 1. The lowest BCUT2D eigenvalue weighted by atomic mass is 9.88. The van der Waals surface area contributed by atoms with E-state index in [9.17, 15) is 9.90 Å². The Bertz CT molecular complexity index is 1240. The molecule has 39 heavy (non-hydrogen) atoms. The number of rotatable bonds is 12. The number of nitrogens with zero attached hydrogens (tertiary/aromatic N) is 2. The summed E-state index contributed by atoms with van der Waals surface area (Å²) in [5, 5.41) is 21.2. The minimum Gasteiger partial charge on any atom is -0.491 e. The number of aliphatic hydroxyl groups is 1. The molecule has 1 amide bonds. The molecule has 204 valence electrons. The third-order valence-electron chi connectivity index (χ3n) is 7.54. The zero-order chi connectivity index (χ0) is 27.5. The monoisotopic (exact) mass is 525 g/mol. The molecule has 4 rings (SSSR count). The topological polar surface area (TPSA) is 85.6 Å². The average molecular weight is 526 g/mol. The number of aliphatic hydroxyl groups excluding tert-OH is 1. The first-order valence-corrected chi connectivity index (χ1v) is 14.1. The Morgan fingerprint density at radius 1 is 1.03 bits per heavy atom. The summed E-state index contributed by atoms with van der Waals surface area (Å²) in [6.07, 6.45) is 5.19. The molecule has 1 aliphatic rings. The van der Waals surface area contributed by atoms with Crippen LogP contribution in [0.1, 0.15) is 65.6 Å². The van der Waals surface area contributed by atoms with E-state index in [1.54, 1.807) is 12.1 Å². The number of ether oxygens (including phenoxy) is 1. The van der Waals surface area contributed by atoms with Crippen LogP contribution in [0.15, 0.2) is 66.7 Å². The van der Waals surface area contributed by atoms with E-state index in [-0.39, 0.29) is 12.5 Å². The number of piperidine rings is 1. The van der Waals surface area contributed by atoms with Gasteiger partial charge in [-0.1, -0.05) is 43.3 Å². The second-order valence-corrected chi connectivity index (χ2v) is 10.1. The molecule has 0 unspecified atom stereocenters. The van der Waals surface area contributed by atoms with Gasteiger partial charge in [0.15, 0.2) is 0 Å². The van der Waals surface area contributed by atoms with Crippen molar-refractivity contribution in [1.29, 1.82) is 5.26 Å². The Hall–Kier alpha value is -3.66. The van der Waals surface area contributed by atoms with Crippen LogP contribution in [-0.4, -0.2) is 55.3 Å². The number of hydrogen-bond donors (Lipinski definition) is 2. The largest absolute Gasteiger partial charge is 0.491 e. The van der Waals surface area contributed by atoms with Crippen LogP contribution >= 0.6 is 0 Å². The normalized spacial score (nSPS) is 14.1. The maximum Gasteiger partial charge on any atom is 0.251 e. The lowest BCUT2D eigenvalue weighted by Gasteiger charge is -2.33. The summed E-state index contributed by atoms with van der Waals surface area (Å²) < 4.78 is 5.88. The first kappa shape index (κ1) is 28.4. The van der Waals surface area contributed by atoms with Gasteiger partial charge in [0.05, 0.1) is 18.2 Å². The highest BCUT2D eigenvalue weighted by molar-refractivity contribution is 5.94. The van der Waals surface area contributed by atoms with Gasteiger partial charge in [-0.25, -0.2) is 0 Å². The predicted octanol–water partition coefficient (Wildman–Crippen LogP) is 5.55. The quantitative estimate of drug-likeness (QED) is 0.303. The van der Waals surface area contributed by atoms with Crippen molar-refractivity contribution in [2.75, 3.05) is 39.4 Å². The summed E-state index contributed by atoms with van der Waals surface area (Å²) in [5.74, 6) is 1.38. The summed E-state index contributed by atoms with van der Waals surface area (Å²) in [7, 11) is 0. The van der Waals surface area contributed by atoms with Gasteiger partial charge < -0.3 is 20.1 Å². The molecule has 1 saturated heterocycles. The van der Waals surface area contributed by atoms with E-state index in [2.05, 4.69) is 41.4 Å². The Morgan fingerprint density at radius 3 is 2.36 bits per heavy atom. The number of amides is 1. The van der Waals surface area contributed by atoms with Crippen molar-refractivity contribution in [3.8, 4) is 22.9 Å². The lowest BCUT2D eigenvalue weighted by molar-refractivity contribution is 0.0952. The fourth-order valence-electron chi connectivity index (χ4n) is 5.20. The van der Waals surface area contributed by atoms with Gasteiger partial charge in [0.1, 0.15) is 12.4 Å². The van der Waals surface area contributed by atoms with Gasteiger partial charge in [-0.3, -0.25) is 4.79 Å². The first-order chi connectivity index (χ1) is 19.1. The number of nitriles is 1. The third-order valence-corrected chi connectivity index (χ3v) is 7.54. The molecule has 0 radical (unpaired) electrons. The highest BCUT2D eigenvalue weighted by Gasteiger charge is 2.23. The number of carbonyl (C=O) groups is 1. The smallest absolute Gasteiger partial charge is 0.251 e. The molecular formula is C33H39N3O3. The Labute approximate surface area is 232 Å². The molecule has 3 aromatic rings. The van der Waals surface area contributed by atoms with Gasteiger partial charge in [0, 0.05) is 12.1 Å². The van der Waals surface area contributed by atoms with Crippen LogP contribution in [0.5, 0.6) is 5.75 Å². The van der Waals surface area contributed by atoms with E-state index in [0.717, 1.165) is 68.6 Å². The number of likely N-dealkylation sites (tertiary alicyclic amines) is 1. The molecule has 1 heterocycles. The van der Waals surface area contributed by atoms with Crippen molar-refractivity contribution in [2.45, 2.75) is 44.9 Å². The van der Waals surface area contributed by atoms with Gasteiger partial charge in [0.2, 0.25) is 0 Å². The van der Waals surface area contributed by atoms with Crippen molar-refractivity contribution >= 4 is 5.91 Å². The molecule has 0 aromatic heterocycles. The van der Waals surface area contributed by atoms with Gasteiger partial charge in [-0.15, -0.1) is 0 Å². The molecule has 0 saturated carbocycles. The predicted molar refractivity (Wildman–Crippen MR) is 155 cm³/mol. The van der Waals surface area contributed by atoms with Crippen LogP contribution in [0.25, 0.3) is 11.1 Å². The van der Waals surface area contributed by atoms with Crippen molar-refractivity contribution in [1.82, 2.24) is 10.2 Å². The van der Waals surface area contributed by atoms with E-state index < -0.39 is 0 Å². The van der Waals surface area contributed by atoms with E-state index >= 15 is 0 Å². The Kier molecular flexibility index (Phi) is 10.5. The van der Waals surface area contributed by atoms with Crippen molar-refractivity contribution < 1.29 is 14.6 Å². The van der Waals surface area contributed by atoms with Crippen molar-refractivity contribution in [3.63, 3.8) is 0 Å². The molecule has 0 atom stereocenters. The zero-order valence-electron chi connectivity index (χ0n) is 22.9. The standard InChI is InChI=1S/C33H39N3O3/c1-2-25-7-14-31(32(23-25)39-22-21-37)29-15-19-36(20-16-29)18-4-3-17-35-33(38)30-12-10-28(11-13-30)27-8-5-26(24-34)6-9-27/h5-14,23,29,37H,2-4,15-22H2,1H3,(H,35,38). The maximum absolute atomic E-state index is 12.6. The van der Waals surface area contributed by atoms with Crippen LogP contribution in [0.2, 0.25) is 0 Å². The van der Waals surface area contributed by atoms with E-state index in [1.807, 2.05) is 36.4 Å². The summed E-state index contributed by atoms with van der Waals surface area (Å²) >= 11 is 0. The van der Waals surface area contributed by atoms with Crippen LogP contribution in [0, 0.1) is 11.3 Å². The van der Waals surface area contributed by atoms with Crippen LogP contribution in [0.4, 0.5) is 0 Å². The second kappa shape index (κ2) is 14.5. The first-order valence-electron chi connectivity index (χ1n) is 14.1. The highest BCUT2D eigenvalue weighted by Crippen LogP contribution is 2.35. The second-order valence-electron chi connectivity index (χ2n) is 10.1. The van der Waals surface area contributed by atoms with Crippen LogP contribution in [0.3, 0.4) is 0 Å². The maximum atomic E-state index is 12.6. The SMILES string of the molecule is CCc1ccc(C2CCN(CCCCNC(=O)c3ccc(-c4ccc(C#N)cc4)cc3)CC2)c(OCCO)c1. The van der Waals surface area contributed by atoms with Gasteiger partial charge >= 0.3 is 0 Å². The molecular weight excluding hydrogens is 486 g/mol. The Morgan fingerprint density at radius 2 is 1.72 bits per heavy atom. The molecule has 0 bridgehead atoms. The highest BCUT2D eigenvalue weighted by atomic mass is 16.5. The Balaban J connectivity index is 1.16. The minimum absolute atomic E-state index is 0.0286. The van der Waals surface area contributed by atoms with Crippen molar-refractivity contribution in [2.24, 2.45) is 0 Å². The number of hydrogen-bond acceptors (Lipinski definition) is 5. The number of aryl methyl sites for hydroxylation is 1. The third kappa shape index (κ3) is 7.92. The number of carbonyl (C=O) groups excluding carboxylic acids is 1. The number of benzene rings is 3. The summed E-state index contributed by atoms with van der Waals surface area (Å²) in [4.78, 5) is 15.1. The fourth-order valence-corrected chi connectivity index (χ4v) is 5.20.